The van der Waals surface area contributed by atoms with Gasteiger partial charge in [0.1, 0.15) is 17.6 Å². The first-order chi connectivity index (χ1) is 13.0. The standard InChI is InChI=1S/C20H17FN2O4/c21-13-5-6-14-12(10-22-15(14)9-13)7-16(20(25)26)23-19(24)18-8-11-3-1-2-4-17(11)27-18/h1-6,9-10,16,18,22H,7-8H2,(H,23,24)(H,25,26)/t16-,18+/m1/s1. The lowest BCUT2D eigenvalue weighted by atomic mass is 10.0. The Morgan fingerprint density at radius 1 is 1.30 bits per heavy atom. The molecule has 6 nitrogen and oxygen atoms in total. The zero-order chi connectivity index (χ0) is 19.0. The van der Waals surface area contributed by atoms with Gasteiger partial charge in [-0.2, -0.15) is 0 Å². The Bertz CT molecular complexity index is 1000. The molecule has 0 spiro atoms. The number of aliphatic carboxylic acids is 1. The van der Waals surface area contributed by atoms with Crippen LogP contribution in [0.15, 0.2) is 48.7 Å². The number of fused-ring (bicyclic) bond motifs is 2. The molecule has 4 rings (SSSR count). The van der Waals surface area contributed by atoms with Crippen LogP contribution in [0.1, 0.15) is 11.1 Å². The van der Waals surface area contributed by atoms with Gasteiger partial charge in [-0.05, 0) is 35.4 Å². The van der Waals surface area contributed by atoms with Crippen molar-refractivity contribution in [2.45, 2.75) is 25.0 Å². The summed E-state index contributed by atoms with van der Waals surface area (Å²) < 4.78 is 18.9. The maximum Gasteiger partial charge on any atom is 0.326 e. The van der Waals surface area contributed by atoms with Gasteiger partial charge in [-0.15, -0.1) is 0 Å². The fourth-order valence-electron chi connectivity index (χ4n) is 3.34. The van der Waals surface area contributed by atoms with E-state index in [0.717, 1.165) is 10.9 Å². The predicted octanol–water partition coefficient (Wildman–Crippen LogP) is 2.42. The van der Waals surface area contributed by atoms with E-state index in [1.807, 2.05) is 18.2 Å². The van der Waals surface area contributed by atoms with E-state index in [1.54, 1.807) is 18.3 Å². The number of aromatic amines is 1. The third-order valence-corrected chi connectivity index (χ3v) is 4.71. The minimum atomic E-state index is -1.14. The van der Waals surface area contributed by atoms with Gasteiger partial charge < -0.3 is 20.1 Å². The van der Waals surface area contributed by atoms with Gasteiger partial charge in [0.15, 0.2) is 6.10 Å². The van der Waals surface area contributed by atoms with Crippen molar-refractivity contribution in [2.75, 3.05) is 0 Å². The van der Waals surface area contributed by atoms with Gasteiger partial charge in [-0.3, -0.25) is 4.79 Å². The minimum absolute atomic E-state index is 0.0758. The number of aromatic nitrogens is 1. The molecule has 2 atom stereocenters. The van der Waals surface area contributed by atoms with Crippen molar-refractivity contribution in [3.8, 4) is 5.75 Å². The Balaban J connectivity index is 1.48. The molecule has 3 aromatic rings. The molecular formula is C20H17FN2O4. The first-order valence-corrected chi connectivity index (χ1v) is 8.54. The van der Waals surface area contributed by atoms with Crippen LogP contribution in [0, 0.1) is 5.82 Å². The maximum absolute atomic E-state index is 13.3. The molecule has 138 valence electrons. The summed E-state index contributed by atoms with van der Waals surface area (Å²) in [6.07, 6.45) is 1.36. The second-order valence-electron chi connectivity index (χ2n) is 6.53. The van der Waals surface area contributed by atoms with Crippen LogP contribution in [0.5, 0.6) is 5.75 Å². The zero-order valence-electron chi connectivity index (χ0n) is 14.2. The number of halogens is 1. The number of carboxylic acids is 1. The van der Waals surface area contributed by atoms with Crippen molar-refractivity contribution < 1.29 is 23.8 Å². The number of carboxylic acid groups (broad SMARTS) is 1. The van der Waals surface area contributed by atoms with Crippen molar-refractivity contribution >= 4 is 22.8 Å². The molecule has 2 aromatic carbocycles. The normalized spacial score (nSPS) is 16.6. The van der Waals surface area contributed by atoms with Gasteiger partial charge in [0.05, 0.1) is 0 Å². The number of para-hydroxylation sites is 1. The summed E-state index contributed by atoms with van der Waals surface area (Å²) in [5.41, 5.74) is 2.19. The van der Waals surface area contributed by atoms with Crippen molar-refractivity contribution in [2.24, 2.45) is 0 Å². The lowest BCUT2D eigenvalue weighted by molar-refractivity contribution is -0.142. The average Bonchev–Trinajstić information content (AvgIpc) is 3.24. The van der Waals surface area contributed by atoms with E-state index in [4.69, 9.17) is 4.74 Å². The minimum Gasteiger partial charge on any atom is -0.480 e. The molecule has 3 N–H and O–H groups in total. The van der Waals surface area contributed by atoms with Crippen LogP contribution >= 0.6 is 0 Å². The van der Waals surface area contributed by atoms with Crippen molar-refractivity contribution in [1.29, 1.82) is 0 Å². The van der Waals surface area contributed by atoms with Crippen LogP contribution in [0.3, 0.4) is 0 Å². The van der Waals surface area contributed by atoms with Crippen molar-refractivity contribution in [1.82, 2.24) is 10.3 Å². The molecule has 0 saturated carbocycles. The summed E-state index contributed by atoms with van der Waals surface area (Å²) in [6.45, 7) is 0. The molecule has 0 bridgehead atoms. The fourth-order valence-corrected chi connectivity index (χ4v) is 3.34. The number of carbonyl (C=O) groups is 2. The SMILES string of the molecule is O=C(N[C@H](Cc1c[nH]c2cc(F)ccc12)C(=O)O)[C@@H]1Cc2ccccc2O1. The highest BCUT2D eigenvalue weighted by atomic mass is 19.1. The third kappa shape index (κ3) is 3.36. The van der Waals surface area contributed by atoms with Gasteiger partial charge in [0.25, 0.3) is 5.91 Å². The van der Waals surface area contributed by atoms with Gasteiger partial charge in [0, 0.05) is 29.9 Å². The van der Waals surface area contributed by atoms with Crippen LogP contribution in [-0.2, 0) is 22.4 Å². The summed E-state index contributed by atoms with van der Waals surface area (Å²) >= 11 is 0. The zero-order valence-corrected chi connectivity index (χ0v) is 14.2. The second kappa shape index (κ2) is 6.75. The fraction of sp³-hybridized carbons (Fsp3) is 0.200. The average molecular weight is 368 g/mol. The Labute approximate surface area is 154 Å². The first kappa shape index (κ1) is 17.1. The lowest BCUT2D eigenvalue weighted by Crippen LogP contribution is -2.47. The highest BCUT2D eigenvalue weighted by Gasteiger charge is 2.32. The first-order valence-electron chi connectivity index (χ1n) is 8.54. The monoisotopic (exact) mass is 368 g/mol. The Morgan fingerprint density at radius 3 is 2.89 bits per heavy atom. The second-order valence-corrected chi connectivity index (χ2v) is 6.53. The number of carbonyl (C=O) groups excluding carboxylic acids is 1. The maximum atomic E-state index is 13.3. The van der Waals surface area contributed by atoms with E-state index < -0.39 is 24.0 Å². The Morgan fingerprint density at radius 2 is 2.11 bits per heavy atom. The molecular weight excluding hydrogens is 351 g/mol. The number of hydrogen-bond acceptors (Lipinski definition) is 3. The molecule has 0 aliphatic carbocycles. The molecule has 1 amide bonds. The van der Waals surface area contributed by atoms with Gasteiger partial charge in [-0.25, -0.2) is 9.18 Å². The van der Waals surface area contributed by atoms with Crippen LogP contribution < -0.4 is 10.1 Å². The molecule has 27 heavy (non-hydrogen) atoms. The smallest absolute Gasteiger partial charge is 0.326 e. The van der Waals surface area contributed by atoms with Crippen molar-refractivity contribution in [3.63, 3.8) is 0 Å². The van der Waals surface area contributed by atoms with Gasteiger partial charge in [0.2, 0.25) is 0 Å². The van der Waals surface area contributed by atoms with Crippen LogP contribution in [0.4, 0.5) is 4.39 Å². The summed E-state index contributed by atoms with van der Waals surface area (Å²) in [4.78, 5) is 27.1. The van der Waals surface area contributed by atoms with Crippen LogP contribution in [-0.4, -0.2) is 34.1 Å². The number of hydrogen-bond donors (Lipinski definition) is 3. The van der Waals surface area contributed by atoms with E-state index >= 15 is 0 Å². The molecule has 0 saturated heterocycles. The number of H-pyrrole nitrogens is 1. The molecule has 1 aromatic heterocycles. The summed E-state index contributed by atoms with van der Waals surface area (Å²) in [5, 5.41) is 12.8. The summed E-state index contributed by atoms with van der Waals surface area (Å²) in [5.74, 6) is -1.35. The molecule has 0 unspecified atom stereocenters. The molecule has 1 aliphatic heterocycles. The number of amides is 1. The number of benzene rings is 2. The largest absolute Gasteiger partial charge is 0.480 e. The van der Waals surface area contributed by atoms with E-state index in [9.17, 15) is 19.1 Å². The van der Waals surface area contributed by atoms with Crippen LogP contribution in [0.2, 0.25) is 0 Å². The quantitative estimate of drug-likeness (QED) is 0.645. The highest BCUT2D eigenvalue weighted by Crippen LogP contribution is 2.28. The highest BCUT2D eigenvalue weighted by molar-refractivity contribution is 5.89. The number of nitrogens with one attached hydrogen (secondary N) is 2. The summed E-state index contributed by atoms with van der Waals surface area (Å²) in [6, 6.07) is 10.5. The Hall–Kier alpha value is -3.35. The number of ether oxygens (including phenoxy) is 1. The topological polar surface area (TPSA) is 91.4 Å². The molecule has 2 heterocycles. The third-order valence-electron chi connectivity index (χ3n) is 4.71. The van der Waals surface area contributed by atoms with E-state index in [1.165, 1.54) is 12.1 Å². The predicted molar refractivity (Wildman–Crippen MR) is 96.1 cm³/mol. The number of rotatable bonds is 5. The van der Waals surface area contributed by atoms with E-state index in [2.05, 4.69) is 10.3 Å². The molecule has 1 aliphatic rings. The summed E-state index contributed by atoms with van der Waals surface area (Å²) in [7, 11) is 0. The van der Waals surface area contributed by atoms with Gasteiger partial charge >= 0.3 is 5.97 Å². The van der Waals surface area contributed by atoms with Crippen molar-refractivity contribution in [3.05, 3.63) is 65.6 Å². The molecule has 7 heteroatoms. The molecule has 0 radical (unpaired) electrons. The van der Waals surface area contributed by atoms with Crippen LogP contribution in [0.25, 0.3) is 10.9 Å². The van der Waals surface area contributed by atoms with Gasteiger partial charge in [-0.1, -0.05) is 18.2 Å². The lowest BCUT2D eigenvalue weighted by Gasteiger charge is -2.17. The van der Waals surface area contributed by atoms with E-state index in [0.29, 0.717) is 23.3 Å². The molecule has 0 fully saturated rings. The van der Waals surface area contributed by atoms with E-state index in [-0.39, 0.29) is 12.2 Å². The Kier molecular flexibility index (Phi) is 4.27.